The van der Waals surface area contributed by atoms with Gasteiger partial charge >= 0.3 is 0 Å². The SMILES string of the molecule is C=C[C@H]([C@@H](O)C[C@@H](C)[C@@H](C)[C@@H](C(=O)NC(C)(C)C)N(C)C(=O)C(C)(C)C)[Si](C)(C)C. The lowest BCUT2D eigenvalue weighted by molar-refractivity contribution is -0.148. The van der Waals surface area contributed by atoms with Gasteiger partial charge in [0.05, 0.1) is 14.2 Å². The van der Waals surface area contributed by atoms with Gasteiger partial charge in [-0.2, -0.15) is 0 Å². The van der Waals surface area contributed by atoms with E-state index in [-0.39, 0.29) is 29.2 Å². The highest BCUT2D eigenvalue weighted by molar-refractivity contribution is 6.78. The molecule has 0 aliphatic heterocycles. The molecule has 0 radical (unpaired) electrons. The van der Waals surface area contributed by atoms with Crippen molar-refractivity contribution in [1.82, 2.24) is 10.2 Å². The summed E-state index contributed by atoms with van der Waals surface area (Å²) in [4.78, 5) is 27.8. The normalized spacial score (nSPS) is 18.0. The van der Waals surface area contributed by atoms with Crippen molar-refractivity contribution in [2.75, 3.05) is 7.05 Å². The third-order valence-electron chi connectivity index (χ3n) is 5.82. The predicted octanol–water partition coefficient (Wildman–Crippen LogP) is 4.69. The van der Waals surface area contributed by atoms with Crippen LogP contribution in [0, 0.1) is 17.3 Å². The summed E-state index contributed by atoms with van der Waals surface area (Å²) in [5, 5.41) is 14.0. The van der Waals surface area contributed by atoms with E-state index in [2.05, 4.69) is 38.5 Å². The minimum absolute atomic E-state index is 0.0461. The number of hydrogen-bond donors (Lipinski definition) is 2. The minimum atomic E-state index is -1.61. The monoisotopic (exact) mass is 440 g/mol. The van der Waals surface area contributed by atoms with Gasteiger partial charge in [0, 0.05) is 18.0 Å². The molecule has 0 saturated carbocycles. The van der Waals surface area contributed by atoms with Crippen LogP contribution in [0.2, 0.25) is 25.2 Å². The first-order chi connectivity index (χ1) is 13.2. The summed E-state index contributed by atoms with van der Waals surface area (Å²) in [6, 6.07) is -0.604. The van der Waals surface area contributed by atoms with Crippen LogP contribution < -0.4 is 5.32 Å². The highest BCUT2D eigenvalue weighted by Crippen LogP contribution is 2.33. The van der Waals surface area contributed by atoms with Crippen LogP contribution >= 0.6 is 0 Å². The third-order valence-corrected chi connectivity index (χ3v) is 8.44. The van der Waals surface area contributed by atoms with Crippen LogP contribution in [0.15, 0.2) is 12.7 Å². The lowest BCUT2D eigenvalue weighted by Crippen LogP contribution is -2.57. The maximum Gasteiger partial charge on any atom is 0.243 e. The molecule has 6 heteroatoms. The van der Waals surface area contributed by atoms with Crippen LogP contribution in [0.5, 0.6) is 0 Å². The van der Waals surface area contributed by atoms with Gasteiger partial charge in [0.2, 0.25) is 11.8 Å². The minimum Gasteiger partial charge on any atom is -0.393 e. The van der Waals surface area contributed by atoms with Gasteiger partial charge < -0.3 is 15.3 Å². The Bertz CT molecular complexity index is 599. The van der Waals surface area contributed by atoms with E-state index in [1.54, 1.807) is 11.9 Å². The summed E-state index contributed by atoms with van der Waals surface area (Å²) in [6.45, 7) is 26.1. The van der Waals surface area contributed by atoms with Gasteiger partial charge in [-0.1, -0.05) is 60.3 Å². The Morgan fingerprint density at radius 2 is 1.57 bits per heavy atom. The van der Waals surface area contributed by atoms with Gasteiger partial charge in [0.1, 0.15) is 6.04 Å². The molecule has 5 nitrogen and oxygen atoms in total. The number of carbonyl (C=O) groups excluding carboxylic acids is 2. The summed E-state index contributed by atoms with van der Waals surface area (Å²) >= 11 is 0. The molecule has 0 aromatic carbocycles. The Morgan fingerprint density at radius 1 is 1.10 bits per heavy atom. The first kappa shape index (κ1) is 28.9. The van der Waals surface area contributed by atoms with E-state index in [1.165, 1.54) is 0 Å². The summed E-state index contributed by atoms with van der Waals surface area (Å²) in [5.74, 6) is -0.292. The molecule has 0 heterocycles. The van der Waals surface area contributed by atoms with Crippen molar-refractivity contribution in [3.8, 4) is 0 Å². The Kier molecular flexibility index (Phi) is 10.0. The Labute approximate surface area is 186 Å². The van der Waals surface area contributed by atoms with Gasteiger partial charge in [-0.3, -0.25) is 9.59 Å². The molecule has 0 aromatic heterocycles. The van der Waals surface area contributed by atoms with Crippen molar-refractivity contribution in [2.24, 2.45) is 17.3 Å². The van der Waals surface area contributed by atoms with E-state index in [4.69, 9.17) is 0 Å². The molecular weight excluding hydrogens is 392 g/mol. The highest BCUT2D eigenvalue weighted by Gasteiger charge is 2.40. The molecule has 30 heavy (non-hydrogen) atoms. The fourth-order valence-corrected chi connectivity index (χ4v) is 6.00. The molecule has 0 aliphatic rings. The maximum absolute atomic E-state index is 13.2. The lowest BCUT2D eigenvalue weighted by Gasteiger charge is -2.40. The Morgan fingerprint density at radius 3 is 1.90 bits per heavy atom. The zero-order valence-electron chi connectivity index (χ0n) is 21.6. The smallest absolute Gasteiger partial charge is 0.243 e. The van der Waals surface area contributed by atoms with Crippen LogP contribution in [-0.2, 0) is 9.59 Å². The summed E-state index contributed by atoms with van der Waals surface area (Å²) in [6.07, 6.45) is 1.95. The molecule has 0 bridgehead atoms. The number of nitrogens with one attached hydrogen (secondary N) is 1. The molecule has 0 aliphatic carbocycles. The lowest BCUT2D eigenvalue weighted by atomic mass is 9.82. The zero-order chi connectivity index (χ0) is 24.2. The largest absolute Gasteiger partial charge is 0.393 e. The van der Waals surface area contributed by atoms with Crippen molar-refractivity contribution in [1.29, 1.82) is 0 Å². The molecule has 5 atom stereocenters. The van der Waals surface area contributed by atoms with E-state index in [1.807, 2.05) is 54.5 Å². The quantitative estimate of drug-likeness (QED) is 0.403. The van der Waals surface area contributed by atoms with Crippen LogP contribution in [0.25, 0.3) is 0 Å². The third kappa shape index (κ3) is 8.54. The van der Waals surface area contributed by atoms with Gasteiger partial charge in [0.15, 0.2) is 0 Å². The van der Waals surface area contributed by atoms with E-state index < -0.39 is 31.2 Å². The number of likely N-dealkylation sites (N-methyl/N-ethyl adjacent to an activating group) is 1. The van der Waals surface area contributed by atoms with Crippen LogP contribution in [-0.4, -0.2) is 54.6 Å². The van der Waals surface area contributed by atoms with Crippen molar-refractivity contribution < 1.29 is 14.7 Å². The highest BCUT2D eigenvalue weighted by atomic mass is 28.3. The number of rotatable bonds is 9. The number of amides is 2. The fraction of sp³-hybridized carbons (Fsp3) is 0.833. The van der Waals surface area contributed by atoms with Crippen LogP contribution in [0.1, 0.15) is 61.8 Å². The molecule has 0 unspecified atom stereocenters. The molecule has 0 rings (SSSR count). The molecule has 2 N–H and O–H groups in total. The number of hydrogen-bond acceptors (Lipinski definition) is 3. The second-order valence-corrected chi connectivity index (χ2v) is 17.5. The fourth-order valence-electron chi connectivity index (χ4n) is 4.01. The number of nitrogens with zero attached hydrogens (tertiary/aromatic N) is 1. The summed E-state index contributed by atoms with van der Waals surface area (Å²) in [7, 11) is 0.108. The molecule has 0 aromatic rings. The van der Waals surface area contributed by atoms with Gasteiger partial charge in [0.25, 0.3) is 0 Å². The molecule has 0 fully saturated rings. The second-order valence-electron chi connectivity index (χ2n) is 12.1. The Balaban J connectivity index is 5.80. The number of carbonyl (C=O) groups is 2. The van der Waals surface area contributed by atoms with Crippen molar-refractivity contribution in [3.05, 3.63) is 12.7 Å². The average molecular weight is 441 g/mol. The topological polar surface area (TPSA) is 69.6 Å². The van der Waals surface area contributed by atoms with Crippen molar-refractivity contribution >= 4 is 19.9 Å². The average Bonchev–Trinajstić information content (AvgIpc) is 2.50. The van der Waals surface area contributed by atoms with E-state index in [9.17, 15) is 14.7 Å². The standard InChI is InChI=1S/C24H48N2O3Si/c1-14-19(30(11,12)13)18(27)15-16(2)17(3)20(21(28)25-24(7,8)9)26(10)22(29)23(4,5)6/h14,16-20,27H,1,15H2,2-13H3,(H,25,28)/t16-,17-,18+,19-,20+/m1/s1. The van der Waals surface area contributed by atoms with Gasteiger partial charge in [-0.25, -0.2) is 0 Å². The second kappa shape index (κ2) is 10.4. The molecule has 2 amide bonds. The van der Waals surface area contributed by atoms with Crippen molar-refractivity contribution in [3.63, 3.8) is 0 Å². The van der Waals surface area contributed by atoms with E-state index in [0.717, 1.165) is 0 Å². The van der Waals surface area contributed by atoms with E-state index >= 15 is 0 Å². The summed E-state index contributed by atoms with van der Waals surface area (Å²) in [5.41, 5.74) is -0.888. The van der Waals surface area contributed by atoms with E-state index in [0.29, 0.717) is 6.42 Å². The number of aliphatic hydroxyl groups excluding tert-OH is 1. The zero-order valence-corrected chi connectivity index (χ0v) is 22.6. The van der Waals surface area contributed by atoms with Gasteiger partial charge in [-0.05, 0) is 44.6 Å². The van der Waals surface area contributed by atoms with Gasteiger partial charge in [-0.15, -0.1) is 6.58 Å². The van der Waals surface area contributed by atoms with Crippen LogP contribution in [0.4, 0.5) is 0 Å². The van der Waals surface area contributed by atoms with Crippen molar-refractivity contribution in [2.45, 2.75) is 105 Å². The molecule has 0 saturated heterocycles. The van der Waals surface area contributed by atoms with Crippen LogP contribution in [0.3, 0.4) is 0 Å². The first-order valence-corrected chi connectivity index (χ1v) is 14.7. The molecular formula is C24H48N2O3Si. The first-order valence-electron chi connectivity index (χ1n) is 11.1. The molecule has 176 valence electrons. The maximum atomic E-state index is 13.2. The number of aliphatic hydroxyl groups is 1. The Hall–Kier alpha value is -1.14. The predicted molar refractivity (Wildman–Crippen MR) is 130 cm³/mol. The molecule has 0 spiro atoms. The summed E-state index contributed by atoms with van der Waals surface area (Å²) < 4.78 is 0.